The van der Waals surface area contributed by atoms with Gasteiger partial charge in [0.2, 0.25) is 5.89 Å². The number of nitrogens with one attached hydrogen (secondary N) is 1. The van der Waals surface area contributed by atoms with Gasteiger partial charge in [0.05, 0.1) is 5.69 Å². The Balaban J connectivity index is 1.36. The molecule has 27 heavy (non-hydrogen) atoms. The van der Waals surface area contributed by atoms with Crippen molar-refractivity contribution in [3.05, 3.63) is 41.8 Å². The predicted octanol–water partition coefficient (Wildman–Crippen LogP) is 4.03. The number of nitrogens with zero attached hydrogens (tertiary/aromatic N) is 3. The van der Waals surface area contributed by atoms with Crippen LogP contribution in [0, 0.1) is 12.3 Å². The molecule has 2 aromatic rings. The number of aryl methyl sites for hydroxylation is 1. The average molecular weight is 367 g/mol. The Hall–Kier alpha value is -2.30. The minimum Gasteiger partial charge on any atom is -0.444 e. The number of hydrogen-bond acceptors (Lipinski definition) is 3. The van der Waals surface area contributed by atoms with E-state index in [1.54, 1.807) is 6.26 Å². The minimum absolute atomic E-state index is 0.589. The lowest BCUT2D eigenvalue weighted by atomic mass is 9.68. The molecule has 1 saturated heterocycles. The van der Waals surface area contributed by atoms with Crippen molar-refractivity contribution in [2.75, 3.05) is 26.2 Å². The van der Waals surface area contributed by atoms with Crippen molar-refractivity contribution < 1.29 is 4.42 Å². The Bertz CT molecular complexity index is 789. The van der Waals surface area contributed by atoms with Crippen LogP contribution in [0.1, 0.15) is 43.9 Å². The van der Waals surface area contributed by atoms with E-state index in [2.05, 4.69) is 53.3 Å². The summed E-state index contributed by atoms with van der Waals surface area (Å²) in [6, 6.07) is 8.26. The van der Waals surface area contributed by atoms with Crippen LogP contribution in [0.2, 0.25) is 0 Å². The molecule has 5 heteroatoms. The van der Waals surface area contributed by atoms with Gasteiger partial charge in [0, 0.05) is 38.2 Å². The normalized spacial score (nSPS) is 18.7. The van der Waals surface area contributed by atoms with Crippen LogP contribution in [0.4, 0.5) is 0 Å². The maximum absolute atomic E-state index is 5.66. The van der Waals surface area contributed by atoms with Crippen molar-refractivity contribution in [3.63, 3.8) is 0 Å². The quantitative estimate of drug-likeness (QED) is 0.641. The van der Waals surface area contributed by atoms with Gasteiger partial charge in [-0.25, -0.2) is 4.98 Å². The Morgan fingerprint density at radius 1 is 1.26 bits per heavy atom. The molecule has 1 saturated carbocycles. The summed E-state index contributed by atoms with van der Waals surface area (Å²) in [4.78, 5) is 11.9. The predicted molar refractivity (Wildman–Crippen MR) is 109 cm³/mol. The lowest BCUT2D eigenvalue weighted by Gasteiger charge is -2.38. The fourth-order valence-corrected chi connectivity index (χ4v) is 4.15. The van der Waals surface area contributed by atoms with Gasteiger partial charge in [-0.2, -0.15) is 0 Å². The van der Waals surface area contributed by atoms with Crippen LogP contribution in [0.3, 0.4) is 0 Å². The van der Waals surface area contributed by atoms with Crippen molar-refractivity contribution in [3.8, 4) is 11.5 Å². The number of guanidine groups is 1. The molecular formula is C22H30N4O. The number of oxazole rings is 1. The van der Waals surface area contributed by atoms with Gasteiger partial charge in [0.1, 0.15) is 6.26 Å². The van der Waals surface area contributed by atoms with Crippen LogP contribution in [-0.2, 0) is 6.42 Å². The lowest BCUT2D eigenvalue weighted by molar-refractivity contribution is 0.151. The molecule has 0 radical (unpaired) electrons. The zero-order chi connectivity index (χ0) is 18.7. The van der Waals surface area contributed by atoms with E-state index in [-0.39, 0.29) is 0 Å². The second kappa shape index (κ2) is 7.75. The van der Waals surface area contributed by atoms with E-state index in [1.807, 2.05) is 0 Å². The molecule has 4 rings (SSSR count). The fourth-order valence-electron chi connectivity index (χ4n) is 4.15. The molecular weight excluding hydrogens is 336 g/mol. The van der Waals surface area contributed by atoms with Crippen molar-refractivity contribution >= 4 is 5.96 Å². The summed E-state index contributed by atoms with van der Waals surface area (Å²) in [6.45, 7) is 8.15. The van der Waals surface area contributed by atoms with Crippen LogP contribution in [0.25, 0.3) is 11.5 Å². The van der Waals surface area contributed by atoms with Gasteiger partial charge in [-0.1, -0.05) is 24.1 Å². The van der Waals surface area contributed by atoms with E-state index < -0.39 is 0 Å². The van der Waals surface area contributed by atoms with E-state index in [4.69, 9.17) is 9.41 Å². The van der Waals surface area contributed by atoms with Crippen LogP contribution in [-0.4, -0.2) is 42.0 Å². The molecule has 0 atom stereocenters. The molecule has 1 spiro atoms. The highest BCUT2D eigenvalue weighted by Gasteiger charge is 2.43. The highest BCUT2D eigenvalue weighted by Crippen LogP contribution is 2.47. The molecule has 0 amide bonds. The topological polar surface area (TPSA) is 53.7 Å². The third-order valence-corrected chi connectivity index (χ3v) is 5.97. The van der Waals surface area contributed by atoms with Gasteiger partial charge in [0.15, 0.2) is 5.96 Å². The van der Waals surface area contributed by atoms with Crippen LogP contribution < -0.4 is 5.32 Å². The van der Waals surface area contributed by atoms with Crippen molar-refractivity contribution in [2.45, 2.75) is 46.0 Å². The zero-order valence-electron chi connectivity index (χ0n) is 16.5. The molecule has 5 nitrogen and oxygen atoms in total. The highest BCUT2D eigenvalue weighted by molar-refractivity contribution is 5.80. The molecule has 0 unspecified atom stereocenters. The molecule has 1 aliphatic heterocycles. The largest absolute Gasteiger partial charge is 0.444 e. The van der Waals surface area contributed by atoms with Crippen LogP contribution >= 0.6 is 0 Å². The standard InChI is InChI=1S/C22H30N4O/c1-3-23-21(26-14-12-22(16-26)10-4-11-22)24-13-9-19-15-27-20(25-19)18-7-5-17(2)6-8-18/h5-8,15H,3-4,9-14,16H2,1-2H3,(H,23,24). The zero-order valence-corrected chi connectivity index (χ0v) is 16.5. The number of benzene rings is 1. The summed E-state index contributed by atoms with van der Waals surface area (Å²) in [5.74, 6) is 1.75. The van der Waals surface area contributed by atoms with Gasteiger partial charge in [0.25, 0.3) is 0 Å². The van der Waals surface area contributed by atoms with E-state index in [0.717, 1.165) is 43.3 Å². The molecule has 1 aromatic heterocycles. The number of rotatable bonds is 5. The Morgan fingerprint density at radius 2 is 2.07 bits per heavy atom. The Kier molecular flexibility index (Phi) is 5.19. The molecule has 2 fully saturated rings. The van der Waals surface area contributed by atoms with Gasteiger partial charge in [-0.3, -0.25) is 4.99 Å². The second-order valence-electron chi connectivity index (χ2n) is 8.02. The molecule has 144 valence electrons. The molecule has 1 aromatic carbocycles. The summed E-state index contributed by atoms with van der Waals surface area (Å²) in [5.41, 5.74) is 3.81. The summed E-state index contributed by atoms with van der Waals surface area (Å²) in [6.07, 6.45) is 8.06. The first-order chi connectivity index (χ1) is 13.2. The van der Waals surface area contributed by atoms with Crippen molar-refractivity contribution in [2.24, 2.45) is 10.4 Å². The third kappa shape index (κ3) is 4.02. The van der Waals surface area contributed by atoms with Gasteiger partial charge < -0.3 is 14.6 Å². The van der Waals surface area contributed by atoms with E-state index in [9.17, 15) is 0 Å². The van der Waals surface area contributed by atoms with Gasteiger partial charge in [-0.05, 0) is 50.7 Å². The lowest BCUT2D eigenvalue weighted by Crippen LogP contribution is -2.42. The fraction of sp³-hybridized carbons (Fsp3) is 0.545. The molecule has 2 aliphatic rings. The third-order valence-electron chi connectivity index (χ3n) is 5.97. The first kappa shape index (κ1) is 18.1. The van der Waals surface area contributed by atoms with Crippen molar-refractivity contribution in [1.82, 2.24) is 15.2 Å². The van der Waals surface area contributed by atoms with E-state index in [1.165, 1.54) is 37.8 Å². The van der Waals surface area contributed by atoms with Gasteiger partial charge >= 0.3 is 0 Å². The maximum atomic E-state index is 5.66. The van der Waals surface area contributed by atoms with Crippen LogP contribution in [0.15, 0.2) is 39.9 Å². The number of likely N-dealkylation sites (tertiary alicyclic amines) is 1. The van der Waals surface area contributed by atoms with E-state index in [0.29, 0.717) is 11.3 Å². The summed E-state index contributed by atoms with van der Waals surface area (Å²) in [5, 5.41) is 3.47. The molecule has 2 heterocycles. The number of aromatic nitrogens is 1. The molecule has 1 N–H and O–H groups in total. The Morgan fingerprint density at radius 3 is 2.74 bits per heavy atom. The summed E-state index contributed by atoms with van der Waals surface area (Å²) < 4.78 is 5.66. The SMILES string of the molecule is CCNC(=NCCc1coc(-c2ccc(C)cc2)n1)N1CCC2(CCC2)C1. The highest BCUT2D eigenvalue weighted by atomic mass is 16.3. The van der Waals surface area contributed by atoms with E-state index >= 15 is 0 Å². The Labute approximate surface area is 161 Å². The smallest absolute Gasteiger partial charge is 0.226 e. The van der Waals surface area contributed by atoms with Crippen LogP contribution in [0.5, 0.6) is 0 Å². The maximum Gasteiger partial charge on any atom is 0.226 e. The summed E-state index contributed by atoms with van der Waals surface area (Å²) >= 11 is 0. The second-order valence-corrected chi connectivity index (χ2v) is 8.02. The molecule has 0 bridgehead atoms. The number of aliphatic imine (C=N–C) groups is 1. The van der Waals surface area contributed by atoms with Crippen molar-refractivity contribution in [1.29, 1.82) is 0 Å². The number of hydrogen-bond donors (Lipinski definition) is 1. The summed E-state index contributed by atoms with van der Waals surface area (Å²) in [7, 11) is 0. The first-order valence-electron chi connectivity index (χ1n) is 10.2. The minimum atomic E-state index is 0.589. The average Bonchev–Trinajstić information content (AvgIpc) is 3.29. The van der Waals surface area contributed by atoms with Gasteiger partial charge in [-0.15, -0.1) is 0 Å². The monoisotopic (exact) mass is 366 g/mol. The molecule has 1 aliphatic carbocycles. The first-order valence-corrected chi connectivity index (χ1v) is 10.2.